The number of hydrogen-bond donors (Lipinski definition) is 1. The molecule has 1 aromatic carbocycles. The summed E-state index contributed by atoms with van der Waals surface area (Å²) in [4.78, 5) is 2.45. The van der Waals surface area contributed by atoms with Crippen molar-refractivity contribution >= 4 is 0 Å². The number of likely N-dealkylation sites (tertiary alicyclic amines) is 1. The van der Waals surface area contributed by atoms with E-state index in [1.54, 1.807) is 7.11 Å². The average Bonchev–Trinajstić information content (AvgIpc) is 2.46. The molecular formula is C18H30N2O. The lowest BCUT2D eigenvalue weighted by Crippen LogP contribution is -2.47. The van der Waals surface area contributed by atoms with Crippen molar-refractivity contribution in [2.24, 2.45) is 5.92 Å². The summed E-state index contributed by atoms with van der Waals surface area (Å²) in [6.45, 7) is 7.98. The first kappa shape index (κ1) is 16.3. The van der Waals surface area contributed by atoms with Crippen LogP contribution in [0.3, 0.4) is 0 Å². The van der Waals surface area contributed by atoms with Crippen LogP contribution >= 0.6 is 0 Å². The molecule has 1 fully saturated rings. The molecule has 1 saturated heterocycles. The Balaban J connectivity index is 1.96. The second-order valence-corrected chi connectivity index (χ2v) is 6.76. The lowest BCUT2D eigenvalue weighted by Gasteiger charge is -2.36. The predicted octanol–water partition coefficient (Wildman–Crippen LogP) is 3.12. The standard InChI is InChI=1S/C18H30N2O/c1-14(2)8-9-19-17-10-16(12-20(3)13-17)15-6-5-7-18(11-15)21-4/h5-7,11,14,16-17,19H,8-10,12-13H2,1-4H3. The number of rotatable bonds is 6. The van der Waals surface area contributed by atoms with E-state index in [9.17, 15) is 0 Å². The molecule has 3 nitrogen and oxygen atoms in total. The Hall–Kier alpha value is -1.06. The number of methoxy groups -OCH3 is 1. The van der Waals surface area contributed by atoms with E-state index in [4.69, 9.17) is 4.74 Å². The zero-order valence-corrected chi connectivity index (χ0v) is 13.9. The van der Waals surface area contributed by atoms with Gasteiger partial charge in [0, 0.05) is 19.1 Å². The number of nitrogens with zero attached hydrogens (tertiary/aromatic N) is 1. The summed E-state index contributed by atoms with van der Waals surface area (Å²) in [5, 5.41) is 3.74. The Morgan fingerprint density at radius 2 is 2.14 bits per heavy atom. The maximum Gasteiger partial charge on any atom is 0.119 e. The first-order valence-electron chi connectivity index (χ1n) is 8.14. The van der Waals surface area contributed by atoms with Gasteiger partial charge in [-0.1, -0.05) is 26.0 Å². The minimum absolute atomic E-state index is 0.593. The van der Waals surface area contributed by atoms with Crippen molar-refractivity contribution in [1.82, 2.24) is 10.2 Å². The van der Waals surface area contributed by atoms with E-state index in [-0.39, 0.29) is 0 Å². The first-order valence-corrected chi connectivity index (χ1v) is 8.14. The Morgan fingerprint density at radius 3 is 2.86 bits per heavy atom. The van der Waals surface area contributed by atoms with Crippen molar-refractivity contribution in [2.45, 2.75) is 38.6 Å². The van der Waals surface area contributed by atoms with Crippen LogP contribution in [-0.2, 0) is 0 Å². The zero-order valence-electron chi connectivity index (χ0n) is 13.9. The van der Waals surface area contributed by atoms with Gasteiger partial charge in [0.05, 0.1) is 7.11 Å². The van der Waals surface area contributed by atoms with Gasteiger partial charge < -0.3 is 15.0 Å². The average molecular weight is 290 g/mol. The van der Waals surface area contributed by atoms with Gasteiger partial charge in [-0.25, -0.2) is 0 Å². The van der Waals surface area contributed by atoms with Crippen LogP contribution in [-0.4, -0.2) is 44.7 Å². The molecule has 1 aliphatic heterocycles. The third-order valence-electron chi connectivity index (χ3n) is 4.35. The zero-order chi connectivity index (χ0) is 15.2. The number of nitrogens with one attached hydrogen (secondary N) is 1. The van der Waals surface area contributed by atoms with Gasteiger partial charge in [-0.2, -0.15) is 0 Å². The van der Waals surface area contributed by atoms with E-state index < -0.39 is 0 Å². The van der Waals surface area contributed by atoms with E-state index in [1.165, 1.54) is 18.4 Å². The minimum Gasteiger partial charge on any atom is -0.497 e. The van der Waals surface area contributed by atoms with Crippen LogP contribution in [0.5, 0.6) is 5.75 Å². The van der Waals surface area contributed by atoms with Crippen LogP contribution in [0.1, 0.15) is 38.2 Å². The molecule has 118 valence electrons. The molecule has 1 aliphatic rings. The van der Waals surface area contributed by atoms with E-state index in [2.05, 4.69) is 49.3 Å². The van der Waals surface area contributed by atoms with Crippen LogP contribution in [0.4, 0.5) is 0 Å². The molecule has 1 aromatic rings. The highest BCUT2D eigenvalue weighted by atomic mass is 16.5. The molecule has 1 N–H and O–H groups in total. The Bertz CT molecular complexity index is 433. The SMILES string of the molecule is COc1cccc(C2CC(NCCC(C)C)CN(C)C2)c1. The number of piperidine rings is 1. The van der Waals surface area contributed by atoms with Gasteiger partial charge in [-0.3, -0.25) is 0 Å². The molecule has 0 saturated carbocycles. The minimum atomic E-state index is 0.593. The highest BCUT2D eigenvalue weighted by Crippen LogP contribution is 2.28. The lowest BCUT2D eigenvalue weighted by atomic mass is 9.88. The molecule has 2 atom stereocenters. The van der Waals surface area contributed by atoms with E-state index in [0.717, 1.165) is 31.3 Å². The maximum absolute atomic E-state index is 5.36. The molecule has 0 radical (unpaired) electrons. The number of hydrogen-bond acceptors (Lipinski definition) is 3. The van der Waals surface area contributed by atoms with Crippen molar-refractivity contribution in [3.8, 4) is 5.75 Å². The lowest BCUT2D eigenvalue weighted by molar-refractivity contribution is 0.203. The summed E-state index contributed by atoms with van der Waals surface area (Å²) in [5.74, 6) is 2.33. The molecule has 1 heterocycles. The Kier molecular flexibility index (Phi) is 6.07. The molecule has 0 bridgehead atoms. The summed E-state index contributed by atoms with van der Waals surface area (Å²) < 4.78 is 5.36. The largest absolute Gasteiger partial charge is 0.497 e. The molecule has 3 heteroatoms. The highest BCUT2D eigenvalue weighted by Gasteiger charge is 2.26. The second kappa shape index (κ2) is 7.81. The maximum atomic E-state index is 5.36. The summed E-state index contributed by atoms with van der Waals surface area (Å²) in [6, 6.07) is 9.14. The molecule has 21 heavy (non-hydrogen) atoms. The fourth-order valence-electron chi connectivity index (χ4n) is 3.18. The fourth-order valence-corrected chi connectivity index (χ4v) is 3.18. The Labute approximate surface area is 129 Å². The van der Waals surface area contributed by atoms with Crippen LogP contribution in [0.25, 0.3) is 0 Å². The molecule has 0 spiro atoms. The molecular weight excluding hydrogens is 260 g/mol. The summed E-state index contributed by atoms with van der Waals surface area (Å²) in [6.07, 6.45) is 2.47. The Morgan fingerprint density at radius 1 is 1.33 bits per heavy atom. The number of likely N-dealkylation sites (N-methyl/N-ethyl adjacent to an activating group) is 1. The van der Waals surface area contributed by atoms with Gasteiger partial charge in [-0.15, -0.1) is 0 Å². The summed E-state index contributed by atoms with van der Waals surface area (Å²) in [5.41, 5.74) is 1.40. The molecule has 0 aliphatic carbocycles. The molecule has 2 unspecified atom stereocenters. The normalized spacial score (nSPS) is 23.5. The quantitative estimate of drug-likeness (QED) is 0.871. The summed E-state index contributed by atoms with van der Waals surface area (Å²) in [7, 11) is 3.96. The number of ether oxygens (including phenoxy) is 1. The third kappa shape index (κ3) is 5.01. The van der Waals surface area contributed by atoms with Crippen molar-refractivity contribution in [3.05, 3.63) is 29.8 Å². The fraction of sp³-hybridized carbons (Fsp3) is 0.667. The van der Waals surface area contributed by atoms with Gasteiger partial charge in [0.1, 0.15) is 5.75 Å². The van der Waals surface area contributed by atoms with Crippen LogP contribution in [0.15, 0.2) is 24.3 Å². The highest BCUT2D eigenvalue weighted by molar-refractivity contribution is 5.31. The van der Waals surface area contributed by atoms with Crippen molar-refractivity contribution in [1.29, 1.82) is 0 Å². The smallest absolute Gasteiger partial charge is 0.119 e. The van der Waals surface area contributed by atoms with Crippen LogP contribution in [0, 0.1) is 5.92 Å². The molecule has 0 aromatic heterocycles. The van der Waals surface area contributed by atoms with E-state index in [0.29, 0.717) is 12.0 Å². The molecule has 0 amide bonds. The van der Waals surface area contributed by atoms with Crippen molar-refractivity contribution in [3.63, 3.8) is 0 Å². The van der Waals surface area contributed by atoms with Gasteiger partial charge >= 0.3 is 0 Å². The predicted molar refractivity (Wildman–Crippen MR) is 89.1 cm³/mol. The van der Waals surface area contributed by atoms with E-state index >= 15 is 0 Å². The van der Waals surface area contributed by atoms with E-state index in [1.807, 2.05) is 6.07 Å². The van der Waals surface area contributed by atoms with Gasteiger partial charge in [0.2, 0.25) is 0 Å². The summed E-state index contributed by atoms with van der Waals surface area (Å²) >= 11 is 0. The van der Waals surface area contributed by atoms with Gasteiger partial charge in [0.25, 0.3) is 0 Å². The van der Waals surface area contributed by atoms with Crippen molar-refractivity contribution in [2.75, 3.05) is 33.8 Å². The van der Waals surface area contributed by atoms with Gasteiger partial charge in [0.15, 0.2) is 0 Å². The van der Waals surface area contributed by atoms with Gasteiger partial charge in [-0.05, 0) is 56.0 Å². The van der Waals surface area contributed by atoms with Crippen molar-refractivity contribution < 1.29 is 4.74 Å². The monoisotopic (exact) mass is 290 g/mol. The number of benzene rings is 1. The van der Waals surface area contributed by atoms with Crippen LogP contribution < -0.4 is 10.1 Å². The topological polar surface area (TPSA) is 24.5 Å². The third-order valence-corrected chi connectivity index (χ3v) is 4.35. The molecule has 2 rings (SSSR count). The van der Waals surface area contributed by atoms with Crippen LogP contribution in [0.2, 0.25) is 0 Å². The second-order valence-electron chi connectivity index (χ2n) is 6.76. The first-order chi connectivity index (χ1) is 10.1.